The maximum atomic E-state index is 12.9. The van der Waals surface area contributed by atoms with Gasteiger partial charge >= 0.3 is 6.18 Å². The molecule has 1 rings (SSSR count). The molecule has 0 saturated heterocycles. The standard InChI is InChI=1S/C15H17F3O/c1-11-7-3-4-8-13(11)14(9-5-6-10-19)12(2)15(16,17)18/h3-5,7-9,19H,6,10H2,1-2H3/b9-5-,14-12-. The Hall–Kier alpha value is -1.55. The number of benzene rings is 1. The molecule has 0 aromatic heterocycles. The molecule has 0 spiro atoms. The molecular formula is C15H17F3O. The van der Waals surface area contributed by atoms with Crippen LogP contribution in [0.5, 0.6) is 0 Å². The third kappa shape index (κ3) is 4.24. The fraction of sp³-hybridized carbons (Fsp3) is 0.333. The van der Waals surface area contributed by atoms with Crippen LogP contribution in [-0.2, 0) is 0 Å². The van der Waals surface area contributed by atoms with E-state index in [0.29, 0.717) is 12.0 Å². The quantitative estimate of drug-likeness (QED) is 0.810. The topological polar surface area (TPSA) is 20.2 Å². The van der Waals surface area contributed by atoms with Gasteiger partial charge in [0.25, 0.3) is 0 Å². The molecule has 0 bridgehead atoms. The lowest BCUT2D eigenvalue weighted by molar-refractivity contribution is -0.0906. The maximum absolute atomic E-state index is 12.9. The minimum atomic E-state index is -4.36. The number of rotatable bonds is 4. The van der Waals surface area contributed by atoms with Gasteiger partial charge in [0.1, 0.15) is 0 Å². The van der Waals surface area contributed by atoms with Gasteiger partial charge in [-0.2, -0.15) is 13.2 Å². The van der Waals surface area contributed by atoms with Crippen LogP contribution in [0.1, 0.15) is 24.5 Å². The summed E-state index contributed by atoms with van der Waals surface area (Å²) in [5, 5.41) is 8.71. The van der Waals surface area contributed by atoms with Gasteiger partial charge in [-0.25, -0.2) is 0 Å². The Labute approximate surface area is 111 Å². The van der Waals surface area contributed by atoms with Gasteiger partial charge < -0.3 is 5.11 Å². The SMILES string of the molecule is C/C(=C(\C=C/CCO)c1ccccc1C)C(F)(F)F. The van der Waals surface area contributed by atoms with Crippen LogP contribution >= 0.6 is 0 Å². The Morgan fingerprint density at radius 1 is 1.26 bits per heavy atom. The van der Waals surface area contributed by atoms with E-state index in [1.54, 1.807) is 37.3 Å². The van der Waals surface area contributed by atoms with Crippen LogP contribution in [0, 0.1) is 6.92 Å². The highest BCUT2D eigenvalue weighted by Gasteiger charge is 2.32. The molecule has 0 aliphatic heterocycles. The molecule has 0 saturated carbocycles. The van der Waals surface area contributed by atoms with Gasteiger partial charge in [-0.15, -0.1) is 0 Å². The number of hydrogen-bond donors (Lipinski definition) is 1. The van der Waals surface area contributed by atoms with Crippen molar-refractivity contribution in [3.63, 3.8) is 0 Å². The van der Waals surface area contributed by atoms with Crippen molar-refractivity contribution in [2.75, 3.05) is 6.61 Å². The molecule has 1 N–H and O–H groups in total. The van der Waals surface area contributed by atoms with Crippen molar-refractivity contribution in [3.8, 4) is 0 Å². The Bertz CT molecular complexity index is 484. The monoisotopic (exact) mass is 270 g/mol. The van der Waals surface area contributed by atoms with Crippen molar-refractivity contribution in [2.24, 2.45) is 0 Å². The predicted molar refractivity (Wildman–Crippen MR) is 70.7 cm³/mol. The summed E-state index contributed by atoms with van der Waals surface area (Å²) in [5.41, 5.74) is 0.872. The molecule has 0 aliphatic carbocycles. The number of aliphatic hydroxyl groups is 1. The van der Waals surface area contributed by atoms with E-state index in [0.717, 1.165) is 12.5 Å². The molecule has 19 heavy (non-hydrogen) atoms. The van der Waals surface area contributed by atoms with Gasteiger partial charge in [0.05, 0.1) is 0 Å². The number of alkyl halides is 3. The summed E-state index contributed by atoms with van der Waals surface area (Å²) in [4.78, 5) is 0. The normalized spacial score (nSPS) is 13.8. The summed E-state index contributed by atoms with van der Waals surface area (Å²) in [5.74, 6) is 0. The summed E-state index contributed by atoms with van der Waals surface area (Å²) in [6.07, 6.45) is -1.04. The summed E-state index contributed by atoms with van der Waals surface area (Å²) >= 11 is 0. The van der Waals surface area contributed by atoms with Gasteiger partial charge in [0.2, 0.25) is 0 Å². The number of aliphatic hydroxyl groups excluding tert-OH is 1. The lowest BCUT2D eigenvalue weighted by Gasteiger charge is -2.14. The van der Waals surface area contributed by atoms with Gasteiger partial charge in [-0.1, -0.05) is 36.4 Å². The average Bonchev–Trinajstić information content (AvgIpc) is 2.34. The Balaban J connectivity index is 3.33. The Morgan fingerprint density at radius 2 is 1.89 bits per heavy atom. The van der Waals surface area contributed by atoms with Crippen molar-refractivity contribution >= 4 is 5.57 Å². The lowest BCUT2D eigenvalue weighted by Crippen LogP contribution is -2.11. The zero-order chi connectivity index (χ0) is 14.5. The van der Waals surface area contributed by atoms with Crippen molar-refractivity contribution < 1.29 is 18.3 Å². The first-order valence-electron chi connectivity index (χ1n) is 5.99. The minimum absolute atomic E-state index is 0.0807. The van der Waals surface area contributed by atoms with Crippen LogP contribution in [0.15, 0.2) is 42.0 Å². The van der Waals surface area contributed by atoms with Gasteiger partial charge in [-0.3, -0.25) is 0 Å². The molecule has 0 unspecified atom stereocenters. The van der Waals surface area contributed by atoms with Crippen molar-refractivity contribution in [3.05, 3.63) is 53.1 Å². The minimum Gasteiger partial charge on any atom is -0.396 e. The van der Waals surface area contributed by atoms with E-state index in [9.17, 15) is 13.2 Å². The van der Waals surface area contributed by atoms with Crippen LogP contribution in [0.3, 0.4) is 0 Å². The lowest BCUT2D eigenvalue weighted by atomic mass is 9.95. The molecule has 1 nitrogen and oxygen atoms in total. The zero-order valence-electron chi connectivity index (χ0n) is 11.0. The first kappa shape index (κ1) is 15.5. The highest BCUT2D eigenvalue weighted by Crippen LogP contribution is 2.33. The second-order valence-electron chi connectivity index (χ2n) is 4.27. The summed E-state index contributed by atoms with van der Waals surface area (Å²) in [6.45, 7) is 2.77. The Morgan fingerprint density at radius 3 is 2.42 bits per heavy atom. The molecule has 0 atom stereocenters. The van der Waals surface area contributed by atoms with E-state index in [1.165, 1.54) is 6.08 Å². The molecule has 0 aliphatic rings. The Kier molecular flexibility index (Phi) is 5.36. The first-order valence-corrected chi connectivity index (χ1v) is 5.99. The second-order valence-corrected chi connectivity index (χ2v) is 4.27. The van der Waals surface area contributed by atoms with Crippen LogP contribution in [0.25, 0.3) is 5.57 Å². The second kappa shape index (κ2) is 6.57. The molecule has 0 radical (unpaired) electrons. The van der Waals surface area contributed by atoms with Crippen molar-refractivity contribution in [2.45, 2.75) is 26.4 Å². The zero-order valence-corrected chi connectivity index (χ0v) is 11.0. The fourth-order valence-electron chi connectivity index (χ4n) is 1.72. The van der Waals surface area contributed by atoms with E-state index in [-0.39, 0.29) is 12.2 Å². The van der Waals surface area contributed by atoms with Gasteiger partial charge in [0.15, 0.2) is 0 Å². The summed E-state index contributed by atoms with van der Waals surface area (Å²) < 4.78 is 38.7. The van der Waals surface area contributed by atoms with E-state index in [1.807, 2.05) is 0 Å². The van der Waals surface area contributed by atoms with Crippen molar-refractivity contribution in [1.82, 2.24) is 0 Å². The average molecular weight is 270 g/mol. The summed E-state index contributed by atoms with van der Waals surface area (Å²) in [6, 6.07) is 6.95. The molecular weight excluding hydrogens is 253 g/mol. The first-order chi connectivity index (χ1) is 8.88. The number of aryl methyl sites for hydroxylation is 1. The molecule has 0 amide bonds. The van der Waals surface area contributed by atoms with E-state index in [2.05, 4.69) is 0 Å². The van der Waals surface area contributed by atoms with Gasteiger partial charge in [-0.05, 0) is 37.0 Å². The highest BCUT2D eigenvalue weighted by atomic mass is 19.4. The van der Waals surface area contributed by atoms with Crippen LogP contribution in [-0.4, -0.2) is 17.9 Å². The third-order valence-corrected chi connectivity index (χ3v) is 2.84. The number of halogens is 3. The number of allylic oxidation sites excluding steroid dienone is 3. The molecule has 1 aromatic carbocycles. The highest BCUT2D eigenvalue weighted by molar-refractivity contribution is 5.78. The number of hydrogen-bond acceptors (Lipinski definition) is 1. The maximum Gasteiger partial charge on any atom is 0.413 e. The van der Waals surface area contributed by atoms with Crippen LogP contribution in [0.2, 0.25) is 0 Å². The smallest absolute Gasteiger partial charge is 0.396 e. The third-order valence-electron chi connectivity index (χ3n) is 2.84. The predicted octanol–water partition coefficient (Wildman–Crippen LogP) is 4.27. The summed E-state index contributed by atoms with van der Waals surface area (Å²) in [7, 11) is 0. The molecule has 4 heteroatoms. The molecule has 1 aromatic rings. The van der Waals surface area contributed by atoms with E-state index < -0.39 is 11.7 Å². The van der Waals surface area contributed by atoms with E-state index in [4.69, 9.17) is 5.11 Å². The molecule has 0 heterocycles. The van der Waals surface area contributed by atoms with Gasteiger partial charge in [0, 0.05) is 12.2 Å². The molecule has 0 fully saturated rings. The largest absolute Gasteiger partial charge is 0.413 e. The van der Waals surface area contributed by atoms with Crippen LogP contribution in [0.4, 0.5) is 13.2 Å². The van der Waals surface area contributed by atoms with Crippen molar-refractivity contribution in [1.29, 1.82) is 0 Å². The molecule has 104 valence electrons. The van der Waals surface area contributed by atoms with Crippen LogP contribution < -0.4 is 0 Å². The van der Waals surface area contributed by atoms with E-state index >= 15 is 0 Å². The fourth-order valence-corrected chi connectivity index (χ4v) is 1.72.